The summed E-state index contributed by atoms with van der Waals surface area (Å²) in [5.41, 5.74) is 8.48. The zero-order valence-electron chi connectivity index (χ0n) is 10.8. The fraction of sp³-hybridized carbons (Fsp3) is 0.571. The summed E-state index contributed by atoms with van der Waals surface area (Å²) in [6.07, 6.45) is 1.80. The minimum atomic E-state index is -0.186. The molecule has 3 nitrogen and oxygen atoms in total. The molecule has 17 heavy (non-hydrogen) atoms. The van der Waals surface area contributed by atoms with Gasteiger partial charge in [0.1, 0.15) is 5.75 Å². The molecular weight excluding hydrogens is 214 g/mol. The third-order valence-electron chi connectivity index (χ3n) is 3.41. The zero-order chi connectivity index (χ0) is 12.5. The first-order chi connectivity index (χ1) is 8.02. The summed E-state index contributed by atoms with van der Waals surface area (Å²) in [4.78, 5) is 0. The highest BCUT2D eigenvalue weighted by Gasteiger charge is 2.22. The van der Waals surface area contributed by atoms with Crippen LogP contribution in [0.15, 0.2) is 18.2 Å². The number of nitrogens with two attached hydrogens (primary N) is 1. The van der Waals surface area contributed by atoms with E-state index in [0.29, 0.717) is 0 Å². The first kappa shape index (κ1) is 12.4. The molecule has 0 fully saturated rings. The van der Waals surface area contributed by atoms with Crippen LogP contribution in [0.2, 0.25) is 0 Å². The van der Waals surface area contributed by atoms with Gasteiger partial charge in [-0.1, -0.05) is 12.1 Å². The highest BCUT2D eigenvalue weighted by molar-refractivity contribution is 5.40. The highest BCUT2D eigenvalue weighted by atomic mass is 16.5. The van der Waals surface area contributed by atoms with Crippen molar-refractivity contribution >= 4 is 0 Å². The Hall–Kier alpha value is -1.06. The molecule has 2 rings (SSSR count). The lowest BCUT2D eigenvalue weighted by Gasteiger charge is -2.26. The van der Waals surface area contributed by atoms with Crippen LogP contribution < -0.4 is 10.5 Å². The molecule has 1 atom stereocenters. The topological polar surface area (TPSA) is 44.5 Å². The average Bonchev–Trinajstić information content (AvgIpc) is 2.75. The molecule has 0 amide bonds. The van der Waals surface area contributed by atoms with Crippen LogP contribution in [-0.2, 0) is 11.2 Å². The predicted octanol–water partition coefficient (Wildman–Crippen LogP) is 2.44. The largest absolute Gasteiger partial charge is 0.493 e. The predicted molar refractivity (Wildman–Crippen MR) is 68.3 cm³/mol. The van der Waals surface area contributed by atoms with Crippen LogP contribution in [0.1, 0.15) is 37.4 Å². The van der Waals surface area contributed by atoms with Crippen molar-refractivity contribution in [2.45, 2.75) is 38.3 Å². The molecule has 0 saturated heterocycles. The molecule has 0 saturated carbocycles. The fourth-order valence-electron chi connectivity index (χ4n) is 2.17. The van der Waals surface area contributed by atoms with Gasteiger partial charge < -0.3 is 15.2 Å². The Labute approximate surface area is 103 Å². The van der Waals surface area contributed by atoms with Gasteiger partial charge in [-0.05, 0) is 37.5 Å². The van der Waals surface area contributed by atoms with Gasteiger partial charge in [-0.2, -0.15) is 0 Å². The Bertz CT molecular complexity index is 401. The molecule has 1 aromatic carbocycles. The minimum absolute atomic E-state index is 0.0100. The zero-order valence-corrected chi connectivity index (χ0v) is 10.8. The molecule has 94 valence electrons. The van der Waals surface area contributed by atoms with Crippen molar-refractivity contribution in [3.05, 3.63) is 29.3 Å². The van der Waals surface area contributed by atoms with E-state index in [1.54, 1.807) is 7.11 Å². The summed E-state index contributed by atoms with van der Waals surface area (Å²) in [5.74, 6) is 1.01. The van der Waals surface area contributed by atoms with Crippen molar-refractivity contribution in [2.24, 2.45) is 5.73 Å². The van der Waals surface area contributed by atoms with Gasteiger partial charge in [0.25, 0.3) is 0 Å². The Balaban J connectivity index is 2.12. The summed E-state index contributed by atoms with van der Waals surface area (Å²) in [6, 6.07) is 6.26. The standard InChI is InChI=1S/C14H21NO2/c1-14(2,16-3)9-12(15)10-4-5-13-11(8-10)6-7-17-13/h4-5,8,12H,6-7,9,15H2,1-3H3. The van der Waals surface area contributed by atoms with Crippen molar-refractivity contribution in [3.8, 4) is 5.75 Å². The van der Waals surface area contributed by atoms with E-state index in [9.17, 15) is 0 Å². The van der Waals surface area contributed by atoms with E-state index in [-0.39, 0.29) is 11.6 Å². The molecule has 0 spiro atoms. The van der Waals surface area contributed by atoms with Crippen LogP contribution in [0.4, 0.5) is 0 Å². The Morgan fingerprint density at radius 2 is 2.24 bits per heavy atom. The maximum Gasteiger partial charge on any atom is 0.122 e. The van der Waals surface area contributed by atoms with Crippen molar-refractivity contribution in [1.29, 1.82) is 0 Å². The quantitative estimate of drug-likeness (QED) is 0.871. The first-order valence-electron chi connectivity index (χ1n) is 6.08. The number of methoxy groups -OCH3 is 1. The number of ether oxygens (including phenoxy) is 2. The van der Waals surface area contributed by atoms with Crippen LogP contribution in [0.3, 0.4) is 0 Å². The second-order valence-electron chi connectivity index (χ2n) is 5.24. The summed E-state index contributed by atoms with van der Waals surface area (Å²) in [6.45, 7) is 4.91. The van der Waals surface area contributed by atoms with E-state index in [1.165, 1.54) is 11.1 Å². The molecule has 1 aliphatic heterocycles. The van der Waals surface area contributed by atoms with Crippen molar-refractivity contribution in [3.63, 3.8) is 0 Å². The second-order valence-corrected chi connectivity index (χ2v) is 5.24. The average molecular weight is 235 g/mol. The lowest BCUT2D eigenvalue weighted by atomic mass is 9.93. The Morgan fingerprint density at radius 1 is 1.47 bits per heavy atom. The van der Waals surface area contributed by atoms with Gasteiger partial charge in [0.2, 0.25) is 0 Å². The van der Waals surface area contributed by atoms with Gasteiger partial charge in [-0.3, -0.25) is 0 Å². The number of benzene rings is 1. The third kappa shape index (κ3) is 2.79. The molecule has 2 N–H and O–H groups in total. The second kappa shape index (κ2) is 4.67. The minimum Gasteiger partial charge on any atom is -0.493 e. The van der Waals surface area contributed by atoms with Gasteiger partial charge in [0.15, 0.2) is 0 Å². The summed E-state index contributed by atoms with van der Waals surface area (Å²) >= 11 is 0. The van der Waals surface area contributed by atoms with Gasteiger partial charge in [-0.25, -0.2) is 0 Å². The van der Waals surface area contributed by atoms with E-state index < -0.39 is 0 Å². The van der Waals surface area contributed by atoms with Gasteiger partial charge in [0, 0.05) is 19.6 Å². The third-order valence-corrected chi connectivity index (χ3v) is 3.41. The van der Waals surface area contributed by atoms with E-state index >= 15 is 0 Å². The number of rotatable bonds is 4. The highest BCUT2D eigenvalue weighted by Crippen LogP contribution is 2.30. The molecule has 1 aliphatic rings. The number of hydrogen-bond acceptors (Lipinski definition) is 3. The van der Waals surface area contributed by atoms with Gasteiger partial charge in [0.05, 0.1) is 12.2 Å². The molecule has 0 aromatic heterocycles. The lowest BCUT2D eigenvalue weighted by molar-refractivity contribution is 0.00995. The fourth-order valence-corrected chi connectivity index (χ4v) is 2.17. The first-order valence-corrected chi connectivity index (χ1v) is 6.08. The molecule has 1 unspecified atom stereocenters. The van der Waals surface area contributed by atoms with E-state index in [2.05, 4.69) is 26.0 Å². The van der Waals surface area contributed by atoms with Gasteiger partial charge >= 0.3 is 0 Å². The monoisotopic (exact) mass is 235 g/mol. The Kier molecular flexibility index (Phi) is 3.40. The van der Waals surface area contributed by atoms with Crippen LogP contribution in [0, 0.1) is 0 Å². The Morgan fingerprint density at radius 3 is 2.94 bits per heavy atom. The molecule has 0 bridgehead atoms. The van der Waals surface area contributed by atoms with Crippen LogP contribution >= 0.6 is 0 Å². The van der Waals surface area contributed by atoms with Gasteiger partial charge in [-0.15, -0.1) is 0 Å². The van der Waals surface area contributed by atoms with Crippen molar-refractivity contribution < 1.29 is 9.47 Å². The van der Waals surface area contributed by atoms with E-state index in [4.69, 9.17) is 15.2 Å². The summed E-state index contributed by atoms with van der Waals surface area (Å²) < 4.78 is 10.9. The molecule has 0 aliphatic carbocycles. The summed E-state index contributed by atoms with van der Waals surface area (Å²) in [5, 5.41) is 0. The number of fused-ring (bicyclic) bond motifs is 1. The lowest BCUT2D eigenvalue weighted by Crippen LogP contribution is -2.28. The normalized spacial score (nSPS) is 16.5. The molecular formula is C14H21NO2. The summed E-state index contributed by atoms with van der Waals surface area (Å²) in [7, 11) is 1.73. The molecule has 3 heteroatoms. The smallest absolute Gasteiger partial charge is 0.122 e. The van der Waals surface area contributed by atoms with Crippen LogP contribution in [0.25, 0.3) is 0 Å². The van der Waals surface area contributed by atoms with E-state index in [0.717, 1.165) is 25.2 Å². The molecule has 0 radical (unpaired) electrons. The van der Waals surface area contributed by atoms with Crippen LogP contribution in [-0.4, -0.2) is 19.3 Å². The maximum absolute atomic E-state index is 6.23. The van der Waals surface area contributed by atoms with Crippen molar-refractivity contribution in [1.82, 2.24) is 0 Å². The van der Waals surface area contributed by atoms with Crippen LogP contribution in [0.5, 0.6) is 5.75 Å². The van der Waals surface area contributed by atoms with Crippen molar-refractivity contribution in [2.75, 3.05) is 13.7 Å². The SMILES string of the molecule is COC(C)(C)CC(N)c1ccc2c(c1)CCO2. The van der Waals surface area contributed by atoms with E-state index in [1.807, 2.05) is 6.07 Å². The maximum atomic E-state index is 6.23. The molecule has 1 aromatic rings. The molecule has 1 heterocycles. The number of hydrogen-bond donors (Lipinski definition) is 1.